The van der Waals surface area contributed by atoms with Crippen LogP contribution in [0.25, 0.3) is 0 Å². The second-order valence-electron chi connectivity index (χ2n) is 4.96. The van der Waals surface area contributed by atoms with E-state index in [2.05, 4.69) is 0 Å². The summed E-state index contributed by atoms with van der Waals surface area (Å²) >= 11 is 0. The van der Waals surface area contributed by atoms with Crippen molar-refractivity contribution >= 4 is 0 Å². The quantitative estimate of drug-likeness (QED) is 0.684. The summed E-state index contributed by atoms with van der Waals surface area (Å²) in [5.74, 6) is 0. The molecule has 2 nitrogen and oxygen atoms in total. The summed E-state index contributed by atoms with van der Waals surface area (Å²) in [7, 11) is 0. The molecule has 2 heteroatoms. The standard InChI is InChI=1S/C12H22O2/c1-9(2)10(12(5,6)14)7-8-11(3,4)13/h7-8,13-14H,1-6H3/b8-7-. The van der Waals surface area contributed by atoms with Gasteiger partial charge >= 0.3 is 0 Å². The van der Waals surface area contributed by atoms with Gasteiger partial charge in [-0.1, -0.05) is 17.7 Å². The minimum Gasteiger partial charge on any atom is -0.386 e. The van der Waals surface area contributed by atoms with Crippen LogP contribution in [0.4, 0.5) is 0 Å². The van der Waals surface area contributed by atoms with Crippen LogP contribution in [-0.4, -0.2) is 21.4 Å². The van der Waals surface area contributed by atoms with Crippen molar-refractivity contribution in [3.05, 3.63) is 23.3 Å². The van der Waals surface area contributed by atoms with E-state index >= 15 is 0 Å². The highest BCUT2D eigenvalue weighted by molar-refractivity contribution is 5.32. The van der Waals surface area contributed by atoms with Gasteiger partial charge in [0.25, 0.3) is 0 Å². The van der Waals surface area contributed by atoms with E-state index in [0.717, 1.165) is 11.1 Å². The van der Waals surface area contributed by atoms with Crippen LogP contribution in [0.15, 0.2) is 23.3 Å². The Bertz CT molecular complexity index is 242. The Hall–Kier alpha value is -0.600. The molecule has 0 aromatic rings. The maximum absolute atomic E-state index is 9.85. The molecule has 14 heavy (non-hydrogen) atoms. The lowest BCUT2D eigenvalue weighted by Gasteiger charge is -2.22. The maximum Gasteiger partial charge on any atom is 0.0839 e. The molecule has 0 radical (unpaired) electrons. The fourth-order valence-electron chi connectivity index (χ4n) is 1.27. The first kappa shape index (κ1) is 13.4. The Morgan fingerprint density at radius 3 is 1.64 bits per heavy atom. The lowest BCUT2D eigenvalue weighted by atomic mass is 9.92. The highest BCUT2D eigenvalue weighted by atomic mass is 16.3. The number of rotatable bonds is 3. The van der Waals surface area contributed by atoms with Crippen LogP contribution < -0.4 is 0 Å². The first-order valence-electron chi connectivity index (χ1n) is 4.86. The third-order valence-electron chi connectivity index (χ3n) is 1.86. The van der Waals surface area contributed by atoms with Gasteiger partial charge in [0, 0.05) is 0 Å². The van der Waals surface area contributed by atoms with E-state index in [1.165, 1.54) is 0 Å². The minimum atomic E-state index is -0.861. The van der Waals surface area contributed by atoms with Crippen molar-refractivity contribution in [3.8, 4) is 0 Å². The van der Waals surface area contributed by atoms with Gasteiger partial charge in [-0.05, 0) is 47.1 Å². The monoisotopic (exact) mass is 198 g/mol. The SMILES string of the molecule is CC(C)=C(/C=C\C(C)(C)O)C(C)(C)O. The fourth-order valence-corrected chi connectivity index (χ4v) is 1.27. The van der Waals surface area contributed by atoms with Crippen LogP contribution in [0.5, 0.6) is 0 Å². The third kappa shape index (κ3) is 5.20. The van der Waals surface area contributed by atoms with Crippen LogP contribution in [0.1, 0.15) is 41.5 Å². The van der Waals surface area contributed by atoms with Gasteiger partial charge in [0.1, 0.15) is 0 Å². The summed E-state index contributed by atoms with van der Waals surface area (Å²) in [6.45, 7) is 10.8. The molecule has 0 amide bonds. The van der Waals surface area contributed by atoms with Crippen molar-refractivity contribution in [1.29, 1.82) is 0 Å². The van der Waals surface area contributed by atoms with E-state index < -0.39 is 11.2 Å². The molecule has 0 aliphatic heterocycles. The van der Waals surface area contributed by atoms with Crippen molar-refractivity contribution in [2.24, 2.45) is 0 Å². The molecule has 0 bridgehead atoms. The lowest BCUT2D eigenvalue weighted by Crippen LogP contribution is -2.23. The number of hydrogen-bond acceptors (Lipinski definition) is 2. The summed E-state index contributed by atoms with van der Waals surface area (Å²) < 4.78 is 0. The van der Waals surface area contributed by atoms with Crippen LogP contribution in [0.3, 0.4) is 0 Å². The number of aliphatic hydroxyl groups is 2. The molecule has 0 atom stereocenters. The summed E-state index contributed by atoms with van der Waals surface area (Å²) in [4.78, 5) is 0. The molecule has 0 saturated carbocycles. The van der Waals surface area contributed by atoms with Crippen LogP contribution in [0, 0.1) is 0 Å². The molecular formula is C12H22O2. The second-order valence-corrected chi connectivity index (χ2v) is 4.96. The molecule has 0 heterocycles. The predicted molar refractivity (Wildman–Crippen MR) is 60.1 cm³/mol. The molecule has 0 aliphatic carbocycles. The molecule has 2 N–H and O–H groups in total. The molecule has 0 fully saturated rings. The Morgan fingerprint density at radius 1 is 1.00 bits per heavy atom. The molecule has 0 rings (SSSR count). The van der Waals surface area contributed by atoms with E-state index in [0.29, 0.717) is 0 Å². The van der Waals surface area contributed by atoms with E-state index in [1.54, 1.807) is 39.8 Å². The highest BCUT2D eigenvalue weighted by Gasteiger charge is 2.19. The van der Waals surface area contributed by atoms with E-state index in [1.807, 2.05) is 13.8 Å². The number of allylic oxidation sites excluding steroid dienone is 1. The van der Waals surface area contributed by atoms with Crippen molar-refractivity contribution in [2.75, 3.05) is 0 Å². The van der Waals surface area contributed by atoms with Crippen molar-refractivity contribution in [3.63, 3.8) is 0 Å². The maximum atomic E-state index is 9.85. The van der Waals surface area contributed by atoms with Crippen LogP contribution in [0.2, 0.25) is 0 Å². The van der Waals surface area contributed by atoms with Gasteiger partial charge in [0.05, 0.1) is 11.2 Å². The molecule has 82 valence electrons. The highest BCUT2D eigenvalue weighted by Crippen LogP contribution is 2.21. The Kier molecular flexibility index (Phi) is 4.10. The first-order valence-corrected chi connectivity index (χ1v) is 4.86. The number of hydrogen-bond donors (Lipinski definition) is 2. The third-order valence-corrected chi connectivity index (χ3v) is 1.86. The molecule has 0 unspecified atom stereocenters. The van der Waals surface area contributed by atoms with Crippen LogP contribution >= 0.6 is 0 Å². The average Bonchev–Trinajstić information content (AvgIpc) is 1.79. The summed E-state index contributed by atoms with van der Waals surface area (Å²) in [5.41, 5.74) is 0.199. The fraction of sp³-hybridized carbons (Fsp3) is 0.667. The predicted octanol–water partition coefficient (Wildman–Crippen LogP) is 2.42. The van der Waals surface area contributed by atoms with E-state index in [4.69, 9.17) is 0 Å². The van der Waals surface area contributed by atoms with E-state index in [-0.39, 0.29) is 0 Å². The van der Waals surface area contributed by atoms with Gasteiger partial charge in [0.15, 0.2) is 0 Å². The Morgan fingerprint density at radius 2 is 1.43 bits per heavy atom. The zero-order valence-corrected chi connectivity index (χ0v) is 10.0. The normalized spacial score (nSPS) is 13.4. The topological polar surface area (TPSA) is 40.5 Å². The molecule has 0 spiro atoms. The van der Waals surface area contributed by atoms with Crippen molar-refractivity contribution in [1.82, 2.24) is 0 Å². The van der Waals surface area contributed by atoms with Gasteiger partial charge in [-0.15, -0.1) is 0 Å². The molecular weight excluding hydrogens is 176 g/mol. The molecule has 0 aliphatic rings. The summed E-state index contributed by atoms with van der Waals surface area (Å²) in [6.07, 6.45) is 3.47. The molecule has 0 aromatic heterocycles. The van der Waals surface area contributed by atoms with Gasteiger partial charge in [-0.25, -0.2) is 0 Å². The van der Waals surface area contributed by atoms with Crippen molar-refractivity contribution in [2.45, 2.75) is 52.7 Å². The average molecular weight is 198 g/mol. The van der Waals surface area contributed by atoms with E-state index in [9.17, 15) is 10.2 Å². The zero-order chi connectivity index (χ0) is 11.6. The van der Waals surface area contributed by atoms with Crippen molar-refractivity contribution < 1.29 is 10.2 Å². The lowest BCUT2D eigenvalue weighted by molar-refractivity contribution is 0.120. The molecule has 0 saturated heterocycles. The Balaban J connectivity index is 4.95. The van der Waals surface area contributed by atoms with Gasteiger partial charge < -0.3 is 10.2 Å². The largest absolute Gasteiger partial charge is 0.386 e. The second kappa shape index (κ2) is 4.28. The first-order chi connectivity index (χ1) is 6.04. The Labute approximate surface area is 87.0 Å². The smallest absolute Gasteiger partial charge is 0.0839 e. The van der Waals surface area contributed by atoms with Gasteiger partial charge in [-0.2, -0.15) is 0 Å². The summed E-state index contributed by atoms with van der Waals surface area (Å²) in [6, 6.07) is 0. The van der Waals surface area contributed by atoms with Gasteiger partial charge in [-0.3, -0.25) is 0 Å². The minimum absolute atomic E-state index is 0.841. The molecule has 0 aromatic carbocycles. The van der Waals surface area contributed by atoms with Gasteiger partial charge in [0.2, 0.25) is 0 Å². The summed E-state index contributed by atoms with van der Waals surface area (Å²) in [5, 5.41) is 19.4. The zero-order valence-electron chi connectivity index (χ0n) is 10.0. The van der Waals surface area contributed by atoms with Crippen LogP contribution in [-0.2, 0) is 0 Å².